The van der Waals surface area contributed by atoms with Crippen molar-refractivity contribution in [3.05, 3.63) is 52.3 Å². The number of nitro benzene ring substituents is 1. The quantitative estimate of drug-likeness (QED) is 0.576. The van der Waals surface area contributed by atoms with E-state index in [0.717, 1.165) is 6.42 Å². The minimum atomic E-state index is -1.13. The highest BCUT2D eigenvalue weighted by Crippen LogP contribution is 2.19. The number of aliphatic carboxylic acids is 1. The number of nitrogens with one attached hydrogen (secondary N) is 1. The highest BCUT2D eigenvalue weighted by Gasteiger charge is 2.32. The van der Waals surface area contributed by atoms with Crippen molar-refractivity contribution in [2.75, 3.05) is 13.2 Å². The molecule has 1 aliphatic rings. The summed E-state index contributed by atoms with van der Waals surface area (Å²) in [7, 11) is 0. The van der Waals surface area contributed by atoms with Crippen molar-refractivity contribution in [3.8, 4) is 5.69 Å². The normalized spacial score (nSPS) is 17.9. The highest BCUT2D eigenvalue weighted by molar-refractivity contribution is 5.95. The summed E-state index contributed by atoms with van der Waals surface area (Å²) in [6.07, 6.45) is 2.87. The van der Waals surface area contributed by atoms with Crippen molar-refractivity contribution in [1.82, 2.24) is 15.1 Å². The Bertz CT molecular complexity index is 859. The maximum Gasteiger partial charge on any atom is 0.326 e. The number of carbonyl (C=O) groups is 2. The molecule has 1 aromatic carbocycles. The minimum Gasteiger partial charge on any atom is -0.480 e. The lowest BCUT2D eigenvalue weighted by molar-refractivity contribution is -0.384. The summed E-state index contributed by atoms with van der Waals surface area (Å²) in [6.45, 7) is 0.865. The van der Waals surface area contributed by atoms with Crippen LogP contribution >= 0.6 is 0 Å². The van der Waals surface area contributed by atoms with Crippen LogP contribution in [0.4, 0.5) is 5.69 Å². The van der Waals surface area contributed by atoms with Crippen LogP contribution in [0, 0.1) is 16.0 Å². The number of hydrogen-bond donors (Lipinski definition) is 2. The van der Waals surface area contributed by atoms with Gasteiger partial charge in [-0.2, -0.15) is 5.10 Å². The Balaban J connectivity index is 1.75. The summed E-state index contributed by atoms with van der Waals surface area (Å²) in [5, 5.41) is 26.9. The first-order valence-electron chi connectivity index (χ1n) is 8.37. The Kier molecular flexibility index (Phi) is 5.46. The fourth-order valence-electron chi connectivity index (χ4n) is 2.96. The van der Waals surface area contributed by atoms with E-state index >= 15 is 0 Å². The van der Waals surface area contributed by atoms with Crippen LogP contribution in [0.15, 0.2) is 36.5 Å². The van der Waals surface area contributed by atoms with Crippen LogP contribution < -0.4 is 5.32 Å². The van der Waals surface area contributed by atoms with Gasteiger partial charge in [0, 0.05) is 30.9 Å². The molecule has 1 aromatic heterocycles. The topological polar surface area (TPSA) is 137 Å². The van der Waals surface area contributed by atoms with Crippen molar-refractivity contribution in [2.45, 2.75) is 18.9 Å². The van der Waals surface area contributed by atoms with Crippen LogP contribution in [0.5, 0.6) is 0 Å². The van der Waals surface area contributed by atoms with E-state index in [2.05, 4.69) is 10.4 Å². The van der Waals surface area contributed by atoms with Gasteiger partial charge in [0.25, 0.3) is 11.6 Å². The molecular formula is C17H18N4O6. The minimum absolute atomic E-state index is 0.0180. The second-order valence-electron chi connectivity index (χ2n) is 6.19. The van der Waals surface area contributed by atoms with E-state index < -0.39 is 22.8 Å². The average Bonchev–Trinajstić information content (AvgIpc) is 3.17. The number of carbonyl (C=O) groups excluding carboxylic acids is 1. The zero-order chi connectivity index (χ0) is 19.4. The van der Waals surface area contributed by atoms with Crippen molar-refractivity contribution in [3.63, 3.8) is 0 Å². The molecule has 2 atom stereocenters. The first-order valence-corrected chi connectivity index (χ1v) is 8.37. The van der Waals surface area contributed by atoms with E-state index in [1.54, 1.807) is 6.07 Å². The standard InChI is InChI=1S/C17H18N4O6/c22-16(18-15(17(23)24)11-3-2-8-27-10-11)14-6-7-20(19-14)12-4-1-5-13(9-12)21(25)26/h1,4-7,9,11,15H,2-3,8,10H2,(H,18,22)(H,23,24). The van der Waals surface area contributed by atoms with Gasteiger partial charge in [-0.25, -0.2) is 9.48 Å². The SMILES string of the molecule is O=C(NC(C(=O)O)C1CCCOC1)c1ccn(-c2cccc([N+](=O)[O-])c2)n1. The molecule has 142 valence electrons. The van der Waals surface area contributed by atoms with E-state index in [9.17, 15) is 24.8 Å². The number of aromatic nitrogens is 2. The number of rotatable bonds is 6. The number of amides is 1. The van der Waals surface area contributed by atoms with E-state index in [1.165, 1.54) is 35.1 Å². The highest BCUT2D eigenvalue weighted by atomic mass is 16.6. The molecule has 1 aliphatic heterocycles. The third-order valence-corrected chi connectivity index (χ3v) is 4.35. The third kappa shape index (κ3) is 4.29. The molecule has 1 saturated heterocycles. The van der Waals surface area contributed by atoms with Gasteiger partial charge in [0.1, 0.15) is 6.04 Å². The van der Waals surface area contributed by atoms with Gasteiger partial charge in [-0.05, 0) is 25.0 Å². The van der Waals surface area contributed by atoms with Gasteiger partial charge >= 0.3 is 5.97 Å². The lowest BCUT2D eigenvalue weighted by Gasteiger charge is -2.27. The molecule has 1 amide bonds. The van der Waals surface area contributed by atoms with E-state index in [-0.39, 0.29) is 23.9 Å². The molecule has 1 fully saturated rings. The number of nitrogens with zero attached hydrogens (tertiary/aromatic N) is 3. The number of benzene rings is 1. The van der Waals surface area contributed by atoms with Crippen molar-refractivity contribution >= 4 is 17.6 Å². The zero-order valence-electron chi connectivity index (χ0n) is 14.3. The van der Waals surface area contributed by atoms with Crippen molar-refractivity contribution in [2.24, 2.45) is 5.92 Å². The second-order valence-corrected chi connectivity index (χ2v) is 6.19. The summed E-state index contributed by atoms with van der Waals surface area (Å²) in [5.74, 6) is -2.06. The van der Waals surface area contributed by atoms with Gasteiger partial charge in [0.2, 0.25) is 0 Å². The lowest BCUT2D eigenvalue weighted by atomic mass is 9.93. The molecule has 2 aromatic rings. The maximum absolute atomic E-state index is 12.4. The molecular weight excluding hydrogens is 356 g/mol. The predicted octanol–water partition coefficient (Wildman–Crippen LogP) is 1.39. The van der Waals surface area contributed by atoms with E-state index in [1.807, 2.05) is 0 Å². The molecule has 10 nitrogen and oxygen atoms in total. The molecule has 2 heterocycles. The fourth-order valence-corrected chi connectivity index (χ4v) is 2.96. The molecule has 27 heavy (non-hydrogen) atoms. The van der Waals surface area contributed by atoms with Crippen LogP contribution in [0.1, 0.15) is 23.3 Å². The molecule has 2 unspecified atom stereocenters. The number of nitro groups is 1. The van der Waals surface area contributed by atoms with Gasteiger partial charge in [0.05, 0.1) is 17.2 Å². The van der Waals surface area contributed by atoms with Gasteiger partial charge < -0.3 is 15.2 Å². The van der Waals surface area contributed by atoms with Gasteiger partial charge in [-0.1, -0.05) is 6.07 Å². The van der Waals surface area contributed by atoms with Crippen molar-refractivity contribution < 1.29 is 24.4 Å². The smallest absolute Gasteiger partial charge is 0.326 e. The third-order valence-electron chi connectivity index (χ3n) is 4.35. The molecule has 0 spiro atoms. The molecule has 0 saturated carbocycles. The zero-order valence-corrected chi connectivity index (χ0v) is 14.3. The number of non-ortho nitro benzene ring substituents is 1. The molecule has 3 rings (SSSR count). The Morgan fingerprint density at radius 2 is 2.22 bits per heavy atom. The number of carboxylic acid groups (broad SMARTS) is 1. The van der Waals surface area contributed by atoms with Gasteiger partial charge in [0.15, 0.2) is 5.69 Å². The Labute approximate surface area is 153 Å². The average molecular weight is 374 g/mol. The first-order chi connectivity index (χ1) is 13.0. The number of carboxylic acids is 1. The number of hydrogen-bond acceptors (Lipinski definition) is 6. The summed E-state index contributed by atoms with van der Waals surface area (Å²) in [5.41, 5.74) is 0.334. The van der Waals surface area contributed by atoms with Gasteiger partial charge in [-0.3, -0.25) is 14.9 Å². The molecule has 0 bridgehead atoms. The second kappa shape index (κ2) is 7.96. The van der Waals surface area contributed by atoms with Crippen LogP contribution in [-0.4, -0.2) is 50.9 Å². The summed E-state index contributed by atoms with van der Waals surface area (Å²) in [6, 6.07) is 6.16. The van der Waals surface area contributed by atoms with Crippen LogP contribution in [0.2, 0.25) is 0 Å². The van der Waals surface area contributed by atoms with E-state index in [0.29, 0.717) is 18.7 Å². The van der Waals surface area contributed by atoms with Crippen LogP contribution in [-0.2, 0) is 9.53 Å². The Hall–Kier alpha value is -3.27. The summed E-state index contributed by atoms with van der Waals surface area (Å²) < 4.78 is 6.62. The molecule has 2 N–H and O–H groups in total. The fraction of sp³-hybridized carbons (Fsp3) is 0.353. The molecule has 0 aliphatic carbocycles. The number of ether oxygens (including phenoxy) is 1. The Morgan fingerprint density at radius 3 is 2.89 bits per heavy atom. The maximum atomic E-state index is 12.4. The lowest BCUT2D eigenvalue weighted by Crippen LogP contribution is -2.48. The first kappa shape index (κ1) is 18.5. The molecule has 10 heteroatoms. The molecule has 0 radical (unpaired) electrons. The Morgan fingerprint density at radius 1 is 1.41 bits per heavy atom. The summed E-state index contributed by atoms with van der Waals surface area (Å²) in [4.78, 5) is 34.3. The summed E-state index contributed by atoms with van der Waals surface area (Å²) >= 11 is 0. The largest absolute Gasteiger partial charge is 0.480 e. The van der Waals surface area contributed by atoms with Crippen LogP contribution in [0.25, 0.3) is 5.69 Å². The van der Waals surface area contributed by atoms with E-state index in [4.69, 9.17) is 4.74 Å². The van der Waals surface area contributed by atoms with Gasteiger partial charge in [-0.15, -0.1) is 0 Å². The monoisotopic (exact) mass is 374 g/mol. The predicted molar refractivity (Wildman–Crippen MR) is 92.7 cm³/mol. The van der Waals surface area contributed by atoms with Crippen LogP contribution in [0.3, 0.4) is 0 Å². The van der Waals surface area contributed by atoms with Crippen molar-refractivity contribution in [1.29, 1.82) is 0 Å².